The number of hydrogen-bond acceptors (Lipinski definition) is 3. The third-order valence-electron chi connectivity index (χ3n) is 3.90. The molecule has 1 aliphatic heterocycles. The zero-order valence-corrected chi connectivity index (χ0v) is 12.4. The first-order chi connectivity index (χ1) is 8.48. The third-order valence-corrected chi connectivity index (χ3v) is 3.90. The topological polar surface area (TPSA) is 44.4 Å². The van der Waals surface area contributed by atoms with Crippen LogP contribution < -0.4 is 10.6 Å². The third kappa shape index (κ3) is 4.94. The number of amides is 1. The highest BCUT2D eigenvalue weighted by Crippen LogP contribution is 2.16. The first-order valence-corrected chi connectivity index (χ1v) is 7.18. The van der Waals surface area contributed by atoms with Crippen molar-refractivity contribution >= 4 is 5.91 Å². The standard InChI is InChI=1S/C14H29N3O/c1-5-14(2,3)16-13(18)11-17-9-7-6-8-12(17)10-15-4/h12,15H,5-11H2,1-4H3,(H,16,18). The normalized spacial score (nSPS) is 21.9. The molecule has 0 aromatic heterocycles. The number of carbonyl (C=O) groups excluding carboxylic acids is 1. The van der Waals surface area contributed by atoms with Crippen molar-refractivity contribution in [2.45, 2.75) is 58.0 Å². The van der Waals surface area contributed by atoms with Crippen LogP contribution in [0.3, 0.4) is 0 Å². The molecule has 0 radical (unpaired) electrons. The van der Waals surface area contributed by atoms with Crippen LogP contribution in [0.4, 0.5) is 0 Å². The van der Waals surface area contributed by atoms with Crippen molar-refractivity contribution in [3.05, 3.63) is 0 Å². The summed E-state index contributed by atoms with van der Waals surface area (Å²) >= 11 is 0. The van der Waals surface area contributed by atoms with E-state index in [1.54, 1.807) is 0 Å². The Bertz CT molecular complexity index is 264. The fourth-order valence-electron chi connectivity index (χ4n) is 2.42. The van der Waals surface area contributed by atoms with Crippen LogP contribution in [0.25, 0.3) is 0 Å². The summed E-state index contributed by atoms with van der Waals surface area (Å²) in [6.45, 7) is 8.82. The van der Waals surface area contributed by atoms with Gasteiger partial charge in [0.05, 0.1) is 6.54 Å². The van der Waals surface area contributed by atoms with E-state index >= 15 is 0 Å². The molecule has 1 rings (SSSR count). The van der Waals surface area contributed by atoms with Gasteiger partial charge in [0, 0.05) is 18.1 Å². The molecule has 0 saturated carbocycles. The van der Waals surface area contributed by atoms with E-state index < -0.39 is 0 Å². The minimum atomic E-state index is -0.0919. The zero-order chi connectivity index (χ0) is 13.6. The van der Waals surface area contributed by atoms with Crippen molar-refractivity contribution in [1.82, 2.24) is 15.5 Å². The van der Waals surface area contributed by atoms with Gasteiger partial charge in [-0.2, -0.15) is 0 Å². The van der Waals surface area contributed by atoms with Gasteiger partial charge in [0.2, 0.25) is 5.91 Å². The molecule has 4 heteroatoms. The average molecular weight is 255 g/mol. The van der Waals surface area contributed by atoms with Crippen LogP contribution in [0.15, 0.2) is 0 Å². The number of likely N-dealkylation sites (tertiary alicyclic amines) is 1. The summed E-state index contributed by atoms with van der Waals surface area (Å²) in [4.78, 5) is 14.4. The van der Waals surface area contributed by atoms with Crippen molar-refractivity contribution in [2.24, 2.45) is 0 Å². The van der Waals surface area contributed by atoms with Gasteiger partial charge in [-0.15, -0.1) is 0 Å². The fourth-order valence-corrected chi connectivity index (χ4v) is 2.42. The SMILES string of the molecule is CCC(C)(C)NC(=O)CN1CCCCC1CNC. The molecule has 1 heterocycles. The summed E-state index contributed by atoms with van der Waals surface area (Å²) in [6, 6.07) is 0.513. The van der Waals surface area contributed by atoms with Gasteiger partial charge in [0.15, 0.2) is 0 Å². The van der Waals surface area contributed by atoms with Gasteiger partial charge in [-0.1, -0.05) is 13.3 Å². The molecule has 4 nitrogen and oxygen atoms in total. The Morgan fingerprint density at radius 3 is 2.72 bits per heavy atom. The van der Waals surface area contributed by atoms with Crippen molar-refractivity contribution < 1.29 is 4.79 Å². The molecule has 1 saturated heterocycles. The van der Waals surface area contributed by atoms with Crippen molar-refractivity contribution in [3.8, 4) is 0 Å². The summed E-state index contributed by atoms with van der Waals surface area (Å²) in [5, 5.41) is 6.34. The molecule has 0 spiro atoms. The second-order valence-corrected chi connectivity index (χ2v) is 5.96. The molecule has 0 aromatic rings. The molecular weight excluding hydrogens is 226 g/mol. The lowest BCUT2D eigenvalue weighted by atomic mass is 10.0. The summed E-state index contributed by atoms with van der Waals surface area (Å²) < 4.78 is 0. The van der Waals surface area contributed by atoms with E-state index in [4.69, 9.17) is 0 Å². The van der Waals surface area contributed by atoms with Crippen LogP contribution in [0.1, 0.15) is 46.5 Å². The highest BCUT2D eigenvalue weighted by atomic mass is 16.2. The minimum absolute atomic E-state index is 0.0919. The van der Waals surface area contributed by atoms with Crippen LogP contribution in [-0.4, -0.2) is 49.1 Å². The lowest BCUT2D eigenvalue weighted by molar-refractivity contribution is -0.124. The van der Waals surface area contributed by atoms with Crippen molar-refractivity contribution in [3.63, 3.8) is 0 Å². The number of carbonyl (C=O) groups is 1. The van der Waals surface area contributed by atoms with E-state index in [-0.39, 0.29) is 11.4 Å². The smallest absolute Gasteiger partial charge is 0.234 e. The van der Waals surface area contributed by atoms with E-state index in [1.165, 1.54) is 19.3 Å². The molecule has 1 unspecified atom stereocenters. The molecular formula is C14H29N3O. The molecule has 0 bridgehead atoms. The van der Waals surface area contributed by atoms with E-state index in [0.717, 1.165) is 19.5 Å². The van der Waals surface area contributed by atoms with Crippen LogP contribution in [0.5, 0.6) is 0 Å². The maximum atomic E-state index is 12.1. The molecule has 0 aliphatic carbocycles. The summed E-state index contributed by atoms with van der Waals surface area (Å²) in [7, 11) is 1.98. The minimum Gasteiger partial charge on any atom is -0.350 e. The predicted octanol–water partition coefficient (Wildman–Crippen LogP) is 1.37. The Labute approximate surface area is 111 Å². The molecule has 1 aliphatic rings. The van der Waals surface area contributed by atoms with Crippen LogP contribution in [-0.2, 0) is 4.79 Å². The number of rotatable bonds is 6. The molecule has 106 valence electrons. The van der Waals surface area contributed by atoms with Crippen molar-refractivity contribution in [1.29, 1.82) is 0 Å². The second-order valence-electron chi connectivity index (χ2n) is 5.96. The highest BCUT2D eigenvalue weighted by molar-refractivity contribution is 5.78. The Balaban J connectivity index is 2.46. The Morgan fingerprint density at radius 1 is 1.39 bits per heavy atom. The summed E-state index contributed by atoms with van der Waals surface area (Å²) in [5.74, 6) is 0.157. The zero-order valence-electron chi connectivity index (χ0n) is 12.4. The van der Waals surface area contributed by atoms with Gasteiger partial charge in [-0.05, 0) is 46.7 Å². The quantitative estimate of drug-likeness (QED) is 0.753. The fraction of sp³-hybridized carbons (Fsp3) is 0.929. The lowest BCUT2D eigenvalue weighted by Gasteiger charge is -2.36. The van der Waals surface area contributed by atoms with Crippen LogP contribution in [0.2, 0.25) is 0 Å². The molecule has 1 atom stereocenters. The van der Waals surface area contributed by atoms with Crippen molar-refractivity contribution in [2.75, 3.05) is 26.7 Å². The van der Waals surface area contributed by atoms with Gasteiger partial charge < -0.3 is 10.6 Å². The summed E-state index contributed by atoms with van der Waals surface area (Å²) in [5.41, 5.74) is -0.0919. The van der Waals surface area contributed by atoms with Gasteiger partial charge in [0.25, 0.3) is 0 Å². The molecule has 18 heavy (non-hydrogen) atoms. The van der Waals surface area contributed by atoms with Gasteiger partial charge in [0.1, 0.15) is 0 Å². The van der Waals surface area contributed by atoms with Gasteiger partial charge in [-0.3, -0.25) is 9.69 Å². The molecule has 1 fully saturated rings. The average Bonchev–Trinajstić information content (AvgIpc) is 2.31. The van der Waals surface area contributed by atoms with Crippen LogP contribution in [0, 0.1) is 0 Å². The maximum absolute atomic E-state index is 12.1. The molecule has 2 N–H and O–H groups in total. The predicted molar refractivity (Wildman–Crippen MR) is 75.7 cm³/mol. The van der Waals surface area contributed by atoms with Gasteiger partial charge >= 0.3 is 0 Å². The Morgan fingerprint density at radius 2 is 2.11 bits per heavy atom. The monoisotopic (exact) mass is 255 g/mol. The molecule has 0 aromatic carbocycles. The van der Waals surface area contributed by atoms with E-state index in [2.05, 4.69) is 36.3 Å². The largest absolute Gasteiger partial charge is 0.350 e. The Hall–Kier alpha value is -0.610. The number of nitrogens with one attached hydrogen (secondary N) is 2. The van der Waals surface area contributed by atoms with Crippen LogP contribution >= 0.6 is 0 Å². The van der Waals surface area contributed by atoms with E-state index in [1.807, 2.05) is 7.05 Å². The first kappa shape index (κ1) is 15.4. The lowest BCUT2D eigenvalue weighted by Crippen LogP contribution is -2.52. The van der Waals surface area contributed by atoms with E-state index in [9.17, 15) is 4.79 Å². The number of piperidine rings is 1. The highest BCUT2D eigenvalue weighted by Gasteiger charge is 2.25. The number of nitrogens with zero attached hydrogens (tertiary/aromatic N) is 1. The second kappa shape index (κ2) is 7.10. The Kier molecular flexibility index (Phi) is 6.09. The van der Waals surface area contributed by atoms with Gasteiger partial charge in [-0.25, -0.2) is 0 Å². The first-order valence-electron chi connectivity index (χ1n) is 7.18. The van der Waals surface area contributed by atoms with E-state index in [0.29, 0.717) is 12.6 Å². The molecule has 1 amide bonds. The number of likely N-dealkylation sites (N-methyl/N-ethyl adjacent to an activating group) is 1. The summed E-state index contributed by atoms with van der Waals surface area (Å²) in [6.07, 6.45) is 4.65. The maximum Gasteiger partial charge on any atom is 0.234 e. The number of hydrogen-bond donors (Lipinski definition) is 2.